The third-order valence-electron chi connectivity index (χ3n) is 5.87. The molecule has 0 aliphatic carbocycles. The zero-order valence-corrected chi connectivity index (χ0v) is 23.4. The van der Waals surface area contributed by atoms with Crippen LogP contribution in [0.1, 0.15) is 102 Å². The number of pyridine rings is 1. The van der Waals surface area contributed by atoms with Gasteiger partial charge in [0.15, 0.2) is 0 Å². The third-order valence-corrected chi connectivity index (χ3v) is 8.47. The lowest BCUT2D eigenvalue weighted by Gasteiger charge is -2.07. The number of hydrogen-bond donors (Lipinski definition) is 0. The molecular formula is C29H43ClN2S2. The minimum atomic E-state index is 0.783. The first-order chi connectivity index (χ1) is 16.8. The Morgan fingerprint density at radius 1 is 0.765 bits per heavy atom. The number of unbranched alkanes of at least 4 members (excludes halogenated alkanes) is 13. The smallest absolute Gasteiger partial charge is 0.130 e. The van der Waals surface area contributed by atoms with Gasteiger partial charge in [-0.15, -0.1) is 0 Å². The second-order valence-corrected chi connectivity index (χ2v) is 11.7. The second kappa shape index (κ2) is 20.2. The molecule has 0 fully saturated rings. The Balaban J connectivity index is 1.55. The summed E-state index contributed by atoms with van der Waals surface area (Å²) in [6.45, 7) is 2.29. The van der Waals surface area contributed by atoms with Crippen molar-refractivity contribution >= 4 is 45.2 Å². The van der Waals surface area contributed by atoms with E-state index in [0.29, 0.717) is 0 Å². The predicted octanol–water partition coefficient (Wildman–Crippen LogP) is 10.9. The molecule has 0 N–H and O–H groups in total. The van der Waals surface area contributed by atoms with Crippen LogP contribution in [0.5, 0.6) is 0 Å². The van der Waals surface area contributed by atoms with Gasteiger partial charge >= 0.3 is 0 Å². The van der Waals surface area contributed by atoms with E-state index >= 15 is 0 Å². The Kier molecular flexibility index (Phi) is 17.4. The lowest BCUT2D eigenvalue weighted by atomic mass is 10.0. The van der Waals surface area contributed by atoms with E-state index in [4.69, 9.17) is 16.6 Å². The third kappa shape index (κ3) is 15.1. The molecule has 0 spiro atoms. The lowest BCUT2D eigenvalue weighted by Crippen LogP contribution is -1.92. The molecule has 1 aromatic carbocycles. The Labute approximate surface area is 222 Å². The fourth-order valence-electron chi connectivity index (χ4n) is 3.81. The highest BCUT2D eigenvalue weighted by Gasteiger charge is 2.05. The standard InChI is InChI=1S/C29H43ClN2S2/c1-2-3-4-5-6-7-8-9-10-11-12-13-14-15-23-33-29(32-28-17-16-22-31-24-28)34-25-26-18-20-27(30)21-19-26/h16-22,24H,2-15,23,25H2,1H3. The molecule has 0 unspecified atom stereocenters. The summed E-state index contributed by atoms with van der Waals surface area (Å²) >= 11 is 9.70. The summed E-state index contributed by atoms with van der Waals surface area (Å²) in [5.41, 5.74) is 2.19. The second-order valence-electron chi connectivity index (χ2n) is 8.95. The molecule has 0 bridgehead atoms. The van der Waals surface area contributed by atoms with Gasteiger partial charge in [-0.25, -0.2) is 4.99 Å². The molecule has 2 rings (SSSR count). The van der Waals surface area contributed by atoms with Gasteiger partial charge in [0.05, 0.1) is 11.9 Å². The highest BCUT2D eigenvalue weighted by molar-refractivity contribution is 8.38. The first kappa shape index (κ1) is 29.3. The Morgan fingerprint density at radius 3 is 1.91 bits per heavy atom. The predicted molar refractivity (Wildman–Crippen MR) is 157 cm³/mol. The first-order valence-corrected chi connectivity index (χ1v) is 15.6. The number of hydrogen-bond acceptors (Lipinski definition) is 4. The highest BCUT2D eigenvalue weighted by atomic mass is 35.5. The summed E-state index contributed by atoms with van der Waals surface area (Å²) in [5, 5.41) is 0.783. The molecule has 5 heteroatoms. The largest absolute Gasteiger partial charge is 0.262 e. The van der Waals surface area contributed by atoms with Gasteiger partial charge in [0, 0.05) is 22.7 Å². The van der Waals surface area contributed by atoms with E-state index in [1.165, 1.54) is 95.5 Å². The number of aliphatic imine (C=N–C) groups is 1. The molecule has 1 aromatic heterocycles. The average Bonchev–Trinajstić information content (AvgIpc) is 2.86. The van der Waals surface area contributed by atoms with Gasteiger partial charge in [-0.1, -0.05) is 138 Å². The van der Waals surface area contributed by atoms with E-state index in [9.17, 15) is 0 Å². The van der Waals surface area contributed by atoms with Crippen molar-refractivity contribution in [2.75, 3.05) is 5.75 Å². The van der Waals surface area contributed by atoms with E-state index < -0.39 is 0 Å². The average molecular weight is 519 g/mol. The Bertz CT molecular complexity index is 765. The number of benzene rings is 1. The zero-order chi connectivity index (χ0) is 24.1. The van der Waals surface area contributed by atoms with Crippen LogP contribution in [0.3, 0.4) is 0 Å². The van der Waals surface area contributed by atoms with Crippen LogP contribution in [0.4, 0.5) is 5.69 Å². The lowest BCUT2D eigenvalue weighted by molar-refractivity contribution is 0.538. The molecule has 0 radical (unpaired) electrons. The Morgan fingerprint density at radius 2 is 1.35 bits per heavy atom. The van der Waals surface area contributed by atoms with Gasteiger partial charge in [-0.3, -0.25) is 4.98 Å². The number of halogens is 1. The first-order valence-electron chi connectivity index (χ1n) is 13.3. The molecule has 2 aromatic rings. The van der Waals surface area contributed by atoms with Crippen molar-refractivity contribution in [3.05, 3.63) is 59.4 Å². The van der Waals surface area contributed by atoms with E-state index in [1.807, 2.05) is 42.2 Å². The van der Waals surface area contributed by atoms with Crippen molar-refractivity contribution in [2.45, 2.75) is 103 Å². The molecule has 188 valence electrons. The van der Waals surface area contributed by atoms with E-state index in [-0.39, 0.29) is 0 Å². The van der Waals surface area contributed by atoms with Crippen LogP contribution in [0.25, 0.3) is 0 Å². The summed E-state index contributed by atoms with van der Waals surface area (Å²) in [6, 6.07) is 12.1. The summed E-state index contributed by atoms with van der Waals surface area (Å²) < 4.78 is 1.12. The van der Waals surface area contributed by atoms with Gasteiger partial charge in [-0.05, 0) is 36.2 Å². The van der Waals surface area contributed by atoms with E-state index in [1.54, 1.807) is 18.0 Å². The van der Waals surface area contributed by atoms with Crippen molar-refractivity contribution in [1.29, 1.82) is 0 Å². The van der Waals surface area contributed by atoms with E-state index in [0.717, 1.165) is 26.6 Å². The maximum atomic E-state index is 6.02. The molecule has 0 saturated carbocycles. The summed E-state index contributed by atoms with van der Waals surface area (Å²) in [4.78, 5) is 9.05. The molecule has 1 heterocycles. The van der Waals surface area contributed by atoms with Gasteiger partial charge in [0.25, 0.3) is 0 Å². The summed E-state index contributed by atoms with van der Waals surface area (Å²) in [5.74, 6) is 2.03. The van der Waals surface area contributed by atoms with Crippen molar-refractivity contribution in [2.24, 2.45) is 4.99 Å². The number of aromatic nitrogens is 1. The van der Waals surface area contributed by atoms with Crippen LogP contribution < -0.4 is 0 Å². The van der Waals surface area contributed by atoms with Crippen LogP contribution in [0.2, 0.25) is 5.02 Å². The van der Waals surface area contributed by atoms with Crippen LogP contribution in [0.15, 0.2) is 53.8 Å². The fraction of sp³-hybridized carbons (Fsp3) is 0.586. The molecule has 0 saturated heterocycles. The molecule has 2 nitrogen and oxygen atoms in total. The van der Waals surface area contributed by atoms with Crippen LogP contribution >= 0.6 is 35.1 Å². The monoisotopic (exact) mass is 518 g/mol. The maximum Gasteiger partial charge on any atom is 0.130 e. The summed E-state index contributed by atoms with van der Waals surface area (Å²) in [6.07, 6.45) is 23.2. The van der Waals surface area contributed by atoms with Crippen LogP contribution in [0, 0.1) is 0 Å². The van der Waals surface area contributed by atoms with Crippen LogP contribution in [-0.4, -0.2) is 15.1 Å². The number of rotatable bonds is 18. The van der Waals surface area contributed by atoms with Crippen molar-refractivity contribution < 1.29 is 0 Å². The topological polar surface area (TPSA) is 25.2 Å². The molecule has 0 aliphatic heterocycles. The number of thioether (sulfide) groups is 2. The molecular weight excluding hydrogens is 476 g/mol. The SMILES string of the molecule is CCCCCCCCCCCCCCCCSC(=Nc1cccnc1)SCc1ccc(Cl)cc1. The van der Waals surface area contributed by atoms with Gasteiger partial charge in [-0.2, -0.15) is 0 Å². The van der Waals surface area contributed by atoms with Gasteiger partial charge < -0.3 is 0 Å². The molecule has 34 heavy (non-hydrogen) atoms. The van der Waals surface area contributed by atoms with Crippen LogP contribution in [-0.2, 0) is 5.75 Å². The summed E-state index contributed by atoms with van der Waals surface area (Å²) in [7, 11) is 0. The molecule has 0 atom stereocenters. The Hall–Kier alpha value is -0.970. The fourth-order valence-corrected chi connectivity index (χ4v) is 6.04. The minimum absolute atomic E-state index is 0.783. The maximum absolute atomic E-state index is 6.02. The van der Waals surface area contributed by atoms with E-state index in [2.05, 4.69) is 24.0 Å². The van der Waals surface area contributed by atoms with Crippen molar-refractivity contribution in [1.82, 2.24) is 4.98 Å². The minimum Gasteiger partial charge on any atom is -0.262 e. The van der Waals surface area contributed by atoms with Crippen molar-refractivity contribution in [3.63, 3.8) is 0 Å². The molecule has 0 aliphatic rings. The highest BCUT2D eigenvalue weighted by Crippen LogP contribution is 2.26. The number of nitrogens with zero attached hydrogens (tertiary/aromatic N) is 2. The van der Waals surface area contributed by atoms with Gasteiger partial charge in [0.2, 0.25) is 0 Å². The van der Waals surface area contributed by atoms with Gasteiger partial charge in [0.1, 0.15) is 4.38 Å². The molecule has 0 amide bonds. The van der Waals surface area contributed by atoms with Crippen molar-refractivity contribution in [3.8, 4) is 0 Å². The normalized spacial score (nSPS) is 11.8. The zero-order valence-electron chi connectivity index (χ0n) is 21.0. The quantitative estimate of drug-likeness (QED) is 0.111.